The van der Waals surface area contributed by atoms with E-state index in [4.69, 9.17) is 42.1 Å². The number of nitro groups is 2. The van der Waals surface area contributed by atoms with Gasteiger partial charge in [-0.05, 0) is 41.5 Å². The predicted octanol–water partition coefficient (Wildman–Crippen LogP) is 2.80. The number of carbonyl (C=O) groups is 6. The van der Waals surface area contributed by atoms with Crippen LogP contribution in [0.5, 0.6) is 0 Å². The summed E-state index contributed by atoms with van der Waals surface area (Å²) in [6.07, 6.45) is 7.94. The van der Waals surface area contributed by atoms with E-state index in [2.05, 4.69) is 80.7 Å². The fraction of sp³-hybridized carbons (Fsp3) is 0.316. The minimum Gasteiger partial charge on any atom is -0.481 e. The number of ether oxygens (including phenoxy) is 5. The Morgan fingerprint density at radius 1 is 0.733 bits per heavy atom. The van der Waals surface area contributed by atoms with Crippen LogP contribution in [0.1, 0.15) is 79.9 Å². The largest absolute Gasteiger partial charge is 0.481 e. The van der Waals surface area contributed by atoms with E-state index in [1.54, 1.807) is 47.7 Å². The first kappa shape index (κ1) is 62.7. The van der Waals surface area contributed by atoms with Gasteiger partial charge < -0.3 is 45.2 Å². The minimum atomic E-state index is -1.01. The van der Waals surface area contributed by atoms with Gasteiger partial charge in [0.05, 0.1) is 68.1 Å². The lowest BCUT2D eigenvalue weighted by Crippen LogP contribution is -2.27. The first-order valence-corrected chi connectivity index (χ1v) is 20.4. The zero-order valence-electron chi connectivity index (χ0n) is 41.0. The van der Waals surface area contributed by atoms with Gasteiger partial charge in [0, 0.05) is 6.92 Å². The second-order valence-electron chi connectivity index (χ2n) is 15.1. The number of nitrogens with two attached hydrogens (primary N) is 2. The molecular weight excluding hydrogens is 1030 g/mol. The Morgan fingerprint density at radius 3 is 1.63 bits per heavy atom. The molecule has 7 rings (SSSR count). The number of carboxylic acid groups (broad SMARTS) is 1. The van der Waals surface area contributed by atoms with Crippen LogP contribution in [-0.2, 0) is 28.5 Å². The fourth-order valence-electron chi connectivity index (χ4n) is 4.37. The Morgan fingerprint density at radius 2 is 1.17 bits per heavy atom. The first-order valence-electron chi connectivity index (χ1n) is 20.0. The lowest BCUT2D eigenvalue weighted by atomic mass is 10.2. The van der Waals surface area contributed by atoms with Crippen LogP contribution in [0.15, 0.2) is 48.4 Å². The van der Waals surface area contributed by atoms with Crippen molar-refractivity contribution >= 4 is 93.1 Å². The molecule has 0 saturated carbocycles. The topological polar surface area (TPSA) is 524 Å². The lowest BCUT2D eigenvalue weighted by molar-refractivity contribution is -0.385. The van der Waals surface area contributed by atoms with Gasteiger partial charge in [-0.2, -0.15) is 29.8 Å². The van der Waals surface area contributed by atoms with Gasteiger partial charge in [0.1, 0.15) is 52.0 Å². The van der Waals surface area contributed by atoms with Crippen molar-refractivity contribution in [2.75, 3.05) is 27.1 Å². The maximum atomic E-state index is 11.7. The highest BCUT2D eigenvalue weighted by Crippen LogP contribution is 2.20. The number of nitrogens with zero attached hydrogens (tertiary/aromatic N) is 12. The quantitative estimate of drug-likeness (QED) is 0.0234. The molecule has 0 bridgehead atoms. The summed E-state index contributed by atoms with van der Waals surface area (Å²) in [5.74, 6) is -3.35. The molecule has 0 amide bonds. The fourth-order valence-corrected chi connectivity index (χ4v) is 4.55. The summed E-state index contributed by atoms with van der Waals surface area (Å²) in [7, 11) is 3.39. The van der Waals surface area contributed by atoms with Crippen molar-refractivity contribution < 1.29 is 67.4 Å². The van der Waals surface area contributed by atoms with Crippen molar-refractivity contribution in [2.45, 2.75) is 59.7 Å². The second-order valence-corrected chi connectivity index (χ2v) is 15.5. The number of methoxy groups -OCH3 is 3. The third-order valence-electron chi connectivity index (χ3n) is 7.20. The van der Waals surface area contributed by atoms with Gasteiger partial charge in [-0.15, -0.1) is 5.10 Å². The summed E-state index contributed by atoms with van der Waals surface area (Å²) in [4.78, 5) is 110. The molecule has 0 aliphatic carbocycles. The van der Waals surface area contributed by atoms with Crippen LogP contribution in [0.25, 0.3) is 22.1 Å². The highest BCUT2D eigenvalue weighted by atomic mass is 35.5. The number of fused-ring (bicyclic) bond motifs is 2. The minimum absolute atomic E-state index is 0.0581. The third kappa shape index (κ3) is 20.9. The van der Waals surface area contributed by atoms with Crippen LogP contribution < -0.4 is 17.0 Å². The van der Waals surface area contributed by atoms with E-state index in [1.165, 1.54) is 32.2 Å². The second kappa shape index (κ2) is 29.1. The van der Waals surface area contributed by atoms with Crippen molar-refractivity contribution in [1.29, 1.82) is 5.41 Å². The SMILES string of the molecule is CC(=O)O.COC(=O)c1[nH]ncc1[N+](=O)[O-].COC(=O)c1nn(C(=O)OC(C)(C)C)cc1N.COC(=O)c1nn(C(=O)OC(C)(C)C)cc1[N+](=O)[O-].Clc1ncnc2cn[nH]c12.N=CN.O=c1[nH]cnc2cn[nH]c12. The standard InChI is InChI=1S/C10H13N3O6.C10H15N3O4.C5H3ClN4.C5H4N4O.C5H5N3O4.C2H4O2.CH4N2/c1-10(2,3)19-9(15)12-5-6(13(16)17)7(11-12)8(14)18-4;1-10(2,3)17-9(15)13-5-6(11)7(12-13)8(14)16-4;6-5-4-3(1-9-10-4)7-2-8-5;10-5-4-3(1-8-9-4)6-2-7-5;1-12-5(9)4-3(8(10)11)2-6-7-4;1-2(3)4;2-1-3/h5H,1-4H3;5H,11H2,1-4H3;1-2H,(H,9,10);1-2H,(H,8,9)(H,6,7,10);2H,1H3,(H,6,7);1H3,(H,3,4);1H,(H3,2,3). The highest BCUT2D eigenvalue weighted by molar-refractivity contribution is 6.33. The molecule has 36 nitrogen and oxygen atoms in total. The number of hydrogen-bond acceptors (Lipinski definition) is 26. The highest BCUT2D eigenvalue weighted by Gasteiger charge is 2.30. The van der Waals surface area contributed by atoms with Gasteiger partial charge in [0.15, 0.2) is 10.8 Å². The van der Waals surface area contributed by atoms with Crippen molar-refractivity contribution in [2.24, 2.45) is 5.73 Å². The zero-order chi connectivity index (χ0) is 57.4. The molecule has 37 heteroatoms. The smallest absolute Gasteiger partial charge is 0.435 e. The molecule has 7 aromatic heterocycles. The molecule has 0 saturated heterocycles. The van der Waals surface area contributed by atoms with Crippen LogP contribution in [0.4, 0.5) is 26.7 Å². The molecule has 0 fully saturated rings. The average molecular weight is 1080 g/mol. The normalized spacial score (nSPS) is 10.1. The number of halogens is 1. The predicted molar refractivity (Wildman–Crippen MR) is 256 cm³/mol. The van der Waals surface area contributed by atoms with Gasteiger partial charge in [-0.1, -0.05) is 11.6 Å². The summed E-state index contributed by atoms with van der Waals surface area (Å²) in [5.41, 5.74) is 8.84. The van der Waals surface area contributed by atoms with Crippen molar-refractivity contribution in [1.82, 2.24) is 70.1 Å². The number of nitrogen functional groups attached to an aromatic ring is 1. The van der Waals surface area contributed by atoms with E-state index >= 15 is 0 Å². The monoisotopic (exact) mass is 1080 g/mol. The number of hydrogen-bond donors (Lipinski definition) is 8. The Bertz CT molecular complexity index is 3140. The number of carbonyl (C=O) groups excluding carboxylic acids is 5. The van der Waals surface area contributed by atoms with Gasteiger partial charge >= 0.3 is 41.5 Å². The van der Waals surface area contributed by atoms with E-state index < -0.39 is 68.5 Å². The molecular formula is C38H48ClN19O17. The molecule has 0 aromatic carbocycles. The number of anilines is 1. The van der Waals surface area contributed by atoms with E-state index in [-0.39, 0.29) is 28.3 Å². The number of carboxylic acids is 1. The van der Waals surface area contributed by atoms with Crippen LogP contribution in [-0.4, -0.2) is 160 Å². The summed E-state index contributed by atoms with van der Waals surface area (Å²) in [6.45, 7) is 11.1. The molecule has 7 heterocycles. The van der Waals surface area contributed by atoms with Gasteiger partial charge in [-0.25, -0.2) is 38.9 Å². The Kier molecular flexibility index (Phi) is 24.4. The summed E-state index contributed by atoms with van der Waals surface area (Å²) < 4.78 is 24.6. The van der Waals surface area contributed by atoms with Crippen molar-refractivity contribution in [3.05, 3.63) is 96.5 Å². The van der Waals surface area contributed by atoms with Crippen LogP contribution in [0.3, 0.4) is 0 Å². The van der Waals surface area contributed by atoms with Crippen LogP contribution >= 0.6 is 11.6 Å². The maximum Gasteiger partial charge on any atom is 0.435 e. The number of rotatable bonds is 5. The number of H-pyrrole nitrogens is 4. The molecule has 0 spiro atoms. The van der Waals surface area contributed by atoms with Crippen molar-refractivity contribution in [3.8, 4) is 0 Å². The van der Waals surface area contributed by atoms with E-state index in [0.717, 1.165) is 50.1 Å². The molecule has 7 aromatic rings. The number of esters is 3. The molecule has 0 unspecified atom stereocenters. The molecule has 0 aliphatic heterocycles. The van der Waals surface area contributed by atoms with Crippen molar-refractivity contribution in [3.63, 3.8) is 0 Å². The summed E-state index contributed by atoms with van der Waals surface area (Å²) in [5, 5.41) is 60.0. The number of aromatic amines is 4. The Labute approximate surface area is 424 Å². The Balaban J connectivity index is 0.000000462. The van der Waals surface area contributed by atoms with Gasteiger partial charge in [0.25, 0.3) is 11.5 Å². The van der Waals surface area contributed by atoms with Gasteiger partial charge in [0.2, 0.25) is 11.4 Å². The molecule has 404 valence electrons. The number of aliphatic carboxylic acids is 1. The van der Waals surface area contributed by atoms with Crippen LogP contribution in [0.2, 0.25) is 5.15 Å². The lowest BCUT2D eigenvalue weighted by Gasteiger charge is -2.18. The Hall–Kier alpha value is -10.3. The number of aromatic nitrogens is 14. The van der Waals surface area contributed by atoms with E-state index in [0.29, 0.717) is 26.4 Å². The van der Waals surface area contributed by atoms with Crippen LogP contribution in [0, 0.1) is 25.6 Å². The molecule has 0 atom stereocenters. The first-order chi connectivity index (χ1) is 35.0. The molecule has 0 aliphatic rings. The molecule has 0 radical (unpaired) electrons. The maximum absolute atomic E-state index is 11.7. The number of nitrogens with one attached hydrogen (secondary N) is 5. The van der Waals surface area contributed by atoms with E-state index in [9.17, 15) is 49.0 Å². The average Bonchev–Trinajstić information content (AvgIpc) is 4.18. The zero-order valence-corrected chi connectivity index (χ0v) is 41.8. The van der Waals surface area contributed by atoms with Gasteiger partial charge in [-0.3, -0.25) is 50.5 Å². The van der Waals surface area contributed by atoms with E-state index in [1.807, 2.05) is 0 Å². The molecule has 10 N–H and O–H groups in total. The summed E-state index contributed by atoms with van der Waals surface area (Å²) >= 11 is 5.68. The summed E-state index contributed by atoms with van der Waals surface area (Å²) in [6, 6.07) is 0. The molecule has 75 heavy (non-hydrogen) atoms. The third-order valence-corrected chi connectivity index (χ3v) is 7.48.